The molecule has 110 valence electrons. The van der Waals surface area contributed by atoms with Gasteiger partial charge in [0.1, 0.15) is 0 Å². The predicted molar refractivity (Wildman–Crippen MR) is 92.1 cm³/mol. The lowest BCUT2D eigenvalue weighted by molar-refractivity contribution is 0.288. The summed E-state index contributed by atoms with van der Waals surface area (Å²) in [7, 11) is 0. The zero-order valence-corrected chi connectivity index (χ0v) is 14.6. The molecule has 0 heterocycles. The minimum Gasteiger partial charge on any atom is -0.384 e. The van der Waals surface area contributed by atoms with Crippen LogP contribution in [0.3, 0.4) is 0 Å². The smallest absolute Gasteiger partial charge is 0.0795 e. The lowest BCUT2D eigenvalue weighted by Gasteiger charge is -2.20. The highest BCUT2D eigenvalue weighted by atomic mass is 32.1. The second kappa shape index (κ2) is 10.5. The van der Waals surface area contributed by atoms with Gasteiger partial charge in [-0.25, -0.2) is 0 Å². The van der Waals surface area contributed by atoms with Crippen LogP contribution in [-0.2, 0) is 0 Å². The molecule has 1 rings (SSSR count). The molecule has 0 fully saturated rings. The molecule has 0 aliphatic carbocycles. The van der Waals surface area contributed by atoms with E-state index in [4.69, 9.17) is 24.4 Å². The van der Waals surface area contributed by atoms with Crippen molar-refractivity contribution in [1.29, 1.82) is 0 Å². The Bertz CT molecular complexity index is 420. The predicted octanol–water partition coefficient (Wildman–Crippen LogP) is 4.89. The number of nitrogens with one attached hydrogen (secondary N) is 1. The summed E-state index contributed by atoms with van der Waals surface area (Å²) in [5.41, 5.74) is 2.26. The van der Waals surface area contributed by atoms with Gasteiger partial charge in [-0.15, -0.1) is 0 Å². The Morgan fingerprint density at radius 1 is 1.05 bits per heavy atom. The summed E-state index contributed by atoms with van der Waals surface area (Å²) in [6.45, 7) is 14.9. The fraction of sp³-hybridized carbons (Fsp3) is 0.733. The molecule has 1 aromatic carbocycles. The van der Waals surface area contributed by atoms with E-state index < -0.39 is 0 Å². The minimum absolute atomic E-state index is 0.846. The Kier molecular flexibility index (Phi) is 10.3. The molecule has 1 N–H and O–H groups in total. The monoisotopic (exact) mass is 300 g/mol. The molecule has 0 spiro atoms. The normalized spacial score (nSPS) is 10.4. The molecule has 0 amide bonds. The van der Waals surface area contributed by atoms with E-state index >= 15 is 0 Å². The SMILES string of the molecule is CC.CCCN(CC)CCCNc1c(C)c(=S)c1=S. The average molecular weight is 301 g/mol. The summed E-state index contributed by atoms with van der Waals surface area (Å²) in [4.78, 5) is 2.48. The van der Waals surface area contributed by atoms with Gasteiger partial charge in [-0.2, -0.15) is 0 Å². The first kappa shape index (κ1) is 18.7. The van der Waals surface area contributed by atoms with Crippen LogP contribution in [0.4, 0.5) is 5.69 Å². The number of hydrogen-bond acceptors (Lipinski definition) is 4. The van der Waals surface area contributed by atoms with Gasteiger partial charge in [0.2, 0.25) is 0 Å². The van der Waals surface area contributed by atoms with Crippen molar-refractivity contribution in [2.75, 3.05) is 31.5 Å². The third kappa shape index (κ3) is 5.67. The standard InChI is InChI=1S/C13H22N2S2.C2H6/c1-4-8-15(5-2)9-6-7-14-11-10(3)12(16)13(11)17;1-2/h14H,4-9H2,1-3H3;1-2H3. The van der Waals surface area contributed by atoms with Crippen molar-refractivity contribution in [2.45, 2.75) is 47.5 Å². The maximum absolute atomic E-state index is 5.20. The van der Waals surface area contributed by atoms with E-state index in [1.54, 1.807) is 0 Å². The lowest BCUT2D eigenvalue weighted by Crippen LogP contribution is -2.26. The van der Waals surface area contributed by atoms with Gasteiger partial charge in [0.15, 0.2) is 0 Å². The van der Waals surface area contributed by atoms with E-state index in [0.717, 1.165) is 46.3 Å². The number of rotatable bonds is 8. The van der Waals surface area contributed by atoms with E-state index in [-0.39, 0.29) is 0 Å². The summed E-state index contributed by atoms with van der Waals surface area (Å²) >= 11 is 10.3. The van der Waals surface area contributed by atoms with Crippen LogP contribution in [0, 0.1) is 15.9 Å². The van der Waals surface area contributed by atoms with Crippen LogP contribution >= 0.6 is 24.4 Å². The van der Waals surface area contributed by atoms with Crippen LogP contribution in [0.25, 0.3) is 0 Å². The molecule has 0 aromatic heterocycles. The summed E-state index contributed by atoms with van der Waals surface area (Å²) in [6, 6.07) is 0. The molecule has 0 atom stereocenters. The van der Waals surface area contributed by atoms with Gasteiger partial charge in [0.05, 0.1) is 14.7 Å². The summed E-state index contributed by atoms with van der Waals surface area (Å²) in [5.74, 6) is 0. The summed E-state index contributed by atoms with van der Waals surface area (Å²) < 4.78 is 1.71. The highest BCUT2D eigenvalue weighted by Crippen LogP contribution is 2.24. The van der Waals surface area contributed by atoms with Crippen molar-refractivity contribution in [3.05, 3.63) is 14.6 Å². The van der Waals surface area contributed by atoms with Gasteiger partial charge in [0, 0.05) is 6.54 Å². The largest absolute Gasteiger partial charge is 0.384 e. The topological polar surface area (TPSA) is 15.3 Å². The summed E-state index contributed by atoms with van der Waals surface area (Å²) in [5, 5.41) is 3.39. The van der Waals surface area contributed by atoms with Gasteiger partial charge in [-0.05, 0) is 45.0 Å². The second-order valence-corrected chi connectivity index (χ2v) is 5.19. The van der Waals surface area contributed by atoms with Crippen molar-refractivity contribution in [3.8, 4) is 0 Å². The second-order valence-electron chi connectivity index (χ2n) is 4.37. The first-order chi connectivity index (χ1) is 9.11. The fourth-order valence-electron chi connectivity index (χ4n) is 1.98. The van der Waals surface area contributed by atoms with Crippen molar-refractivity contribution < 1.29 is 0 Å². The van der Waals surface area contributed by atoms with Gasteiger partial charge in [-0.3, -0.25) is 0 Å². The lowest BCUT2D eigenvalue weighted by atomic mass is 10.1. The van der Waals surface area contributed by atoms with Gasteiger partial charge in [-0.1, -0.05) is 52.1 Å². The minimum atomic E-state index is 0.846. The van der Waals surface area contributed by atoms with Crippen LogP contribution in [-0.4, -0.2) is 31.1 Å². The molecule has 2 nitrogen and oxygen atoms in total. The molecule has 0 unspecified atom stereocenters. The molecule has 0 saturated heterocycles. The van der Waals surface area contributed by atoms with Crippen molar-refractivity contribution >= 4 is 30.1 Å². The summed E-state index contributed by atoms with van der Waals surface area (Å²) in [6.07, 6.45) is 2.38. The van der Waals surface area contributed by atoms with Crippen LogP contribution in [0.15, 0.2) is 0 Å². The zero-order valence-electron chi connectivity index (χ0n) is 13.0. The first-order valence-corrected chi connectivity index (χ1v) is 8.19. The van der Waals surface area contributed by atoms with Crippen LogP contribution in [0.2, 0.25) is 0 Å². The Balaban J connectivity index is 0.00000154. The van der Waals surface area contributed by atoms with Crippen LogP contribution in [0.5, 0.6) is 0 Å². The quantitative estimate of drug-likeness (QED) is 0.543. The molecule has 0 saturated carbocycles. The Morgan fingerprint density at radius 2 is 1.68 bits per heavy atom. The Hall–Kier alpha value is -0.320. The van der Waals surface area contributed by atoms with Gasteiger partial charge >= 0.3 is 0 Å². The van der Waals surface area contributed by atoms with Crippen molar-refractivity contribution in [2.24, 2.45) is 0 Å². The van der Waals surface area contributed by atoms with E-state index in [0.29, 0.717) is 0 Å². The fourth-order valence-corrected chi connectivity index (χ4v) is 2.56. The van der Waals surface area contributed by atoms with Crippen molar-refractivity contribution in [1.82, 2.24) is 4.90 Å². The Labute approximate surface area is 128 Å². The zero-order chi connectivity index (χ0) is 14.8. The van der Waals surface area contributed by atoms with Gasteiger partial charge in [0.25, 0.3) is 0 Å². The van der Waals surface area contributed by atoms with Crippen LogP contribution < -0.4 is 5.32 Å². The molecular formula is C15H28N2S2. The molecule has 19 heavy (non-hydrogen) atoms. The third-order valence-electron chi connectivity index (χ3n) is 3.09. The average Bonchev–Trinajstić information content (AvgIpc) is 2.46. The molecule has 1 aromatic rings. The maximum atomic E-state index is 5.20. The van der Waals surface area contributed by atoms with E-state index in [1.807, 2.05) is 20.8 Å². The van der Waals surface area contributed by atoms with E-state index in [1.165, 1.54) is 13.0 Å². The first-order valence-electron chi connectivity index (χ1n) is 7.37. The third-order valence-corrected chi connectivity index (χ3v) is 4.14. The van der Waals surface area contributed by atoms with E-state index in [9.17, 15) is 0 Å². The number of anilines is 1. The molecule has 0 aliphatic rings. The van der Waals surface area contributed by atoms with Crippen molar-refractivity contribution in [3.63, 3.8) is 0 Å². The maximum Gasteiger partial charge on any atom is 0.0795 e. The molecule has 0 aliphatic heterocycles. The van der Waals surface area contributed by atoms with Crippen LogP contribution in [0.1, 0.15) is 46.1 Å². The molecular weight excluding hydrogens is 272 g/mol. The molecule has 0 bridgehead atoms. The number of nitrogens with zero attached hydrogens (tertiary/aromatic N) is 1. The highest BCUT2D eigenvalue weighted by Gasteiger charge is 2.09. The molecule has 0 radical (unpaired) electrons. The molecule has 4 heteroatoms. The highest BCUT2D eigenvalue weighted by molar-refractivity contribution is 7.74. The number of hydrogen-bond donors (Lipinski definition) is 1. The van der Waals surface area contributed by atoms with Gasteiger partial charge < -0.3 is 10.2 Å². The van der Waals surface area contributed by atoms with E-state index in [2.05, 4.69) is 24.1 Å². The Morgan fingerprint density at radius 3 is 2.16 bits per heavy atom.